The van der Waals surface area contributed by atoms with E-state index >= 15 is 0 Å². The maximum atomic E-state index is 5.61. The summed E-state index contributed by atoms with van der Waals surface area (Å²) in [6, 6.07) is 6.15. The third kappa shape index (κ3) is 3.04. The summed E-state index contributed by atoms with van der Waals surface area (Å²) < 4.78 is 5.61. The second-order valence-corrected chi connectivity index (χ2v) is 3.90. The Kier molecular flexibility index (Phi) is 3.96. The number of hydrogen-bond acceptors (Lipinski definition) is 2. The van der Waals surface area contributed by atoms with Crippen LogP contribution >= 0.6 is 0 Å². The van der Waals surface area contributed by atoms with Crippen LogP contribution in [0.2, 0.25) is 0 Å². The molecule has 0 bridgehead atoms. The summed E-state index contributed by atoms with van der Waals surface area (Å²) in [6.07, 6.45) is 0. The maximum Gasteiger partial charge on any atom is 0.119 e. The van der Waals surface area contributed by atoms with Gasteiger partial charge in [-0.1, -0.05) is 13.0 Å². The molecule has 0 radical (unpaired) electrons. The molecule has 1 aromatic rings. The van der Waals surface area contributed by atoms with Crippen molar-refractivity contribution < 1.29 is 4.74 Å². The number of ether oxygens (including phenoxy) is 1. The molecule has 0 spiro atoms. The van der Waals surface area contributed by atoms with Crippen LogP contribution in [-0.2, 0) is 0 Å². The number of aryl methyl sites for hydroxylation is 2. The van der Waals surface area contributed by atoms with E-state index < -0.39 is 0 Å². The first kappa shape index (κ1) is 11.1. The first-order valence-electron chi connectivity index (χ1n) is 5.03. The fraction of sp³-hybridized carbons (Fsp3) is 0.500. The molecule has 0 heterocycles. The zero-order valence-corrected chi connectivity index (χ0v) is 9.21. The zero-order valence-electron chi connectivity index (χ0n) is 9.21. The second kappa shape index (κ2) is 5.01. The molecule has 14 heavy (non-hydrogen) atoms. The minimum Gasteiger partial charge on any atom is -0.493 e. The Labute approximate surface area is 86.1 Å². The molecule has 1 unspecified atom stereocenters. The summed E-state index contributed by atoms with van der Waals surface area (Å²) in [5, 5.41) is 0. The summed E-state index contributed by atoms with van der Waals surface area (Å²) in [5.41, 5.74) is 8.07. The molecular weight excluding hydrogens is 174 g/mol. The van der Waals surface area contributed by atoms with E-state index in [-0.39, 0.29) is 0 Å². The molecule has 0 aliphatic rings. The van der Waals surface area contributed by atoms with Gasteiger partial charge < -0.3 is 10.5 Å². The van der Waals surface area contributed by atoms with Crippen LogP contribution in [0.25, 0.3) is 0 Å². The first-order chi connectivity index (χ1) is 6.63. The normalized spacial score (nSPS) is 12.6. The lowest BCUT2D eigenvalue weighted by atomic mass is 10.1. The van der Waals surface area contributed by atoms with Crippen LogP contribution in [0.5, 0.6) is 5.75 Å². The Bertz CT molecular complexity index is 296. The molecule has 1 rings (SSSR count). The molecule has 0 aliphatic carbocycles. The van der Waals surface area contributed by atoms with Crippen molar-refractivity contribution in [2.75, 3.05) is 13.2 Å². The van der Waals surface area contributed by atoms with Crippen LogP contribution in [0.3, 0.4) is 0 Å². The van der Waals surface area contributed by atoms with Gasteiger partial charge in [-0.25, -0.2) is 0 Å². The van der Waals surface area contributed by atoms with Crippen LogP contribution < -0.4 is 10.5 Å². The molecule has 0 aliphatic heterocycles. The van der Waals surface area contributed by atoms with Gasteiger partial charge in [-0.05, 0) is 43.7 Å². The van der Waals surface area contributed by atoms with Crippen molar-refractivity contribution in [3.63, 3.8) is 0 Å². The van der Waals surface area contributed by atoms with E-state index in [1.54, 1.807) is 0 Å². The predicted molar refractivity (Wildman–Crippen MR) is 59.6 cm³/mol. The topological polar surface area (TPSA) is 35.2 Å². The van der Waals surface area contributed by atoms with E-state index in [1.807, 2.05) is 6.07 Å². The summed E-state index contributed by atoms with van der Waals surface area (Å²) in [6.45, 7) is 7.64. The lowest BCUT2D eigenvalue weighted by Crippen LogP contribution is -2.18. The number of hydrogen-bond donors (Lipinski definition) is 1. The van der Waals surface area contributed by atoms with Crippen molar-refractivity contribution in [3.05, 3.63) is 29.3 Å². The molecule has 0 aromatic heterocycles. The number of rotatable bonds is 4. The molecule has 1 aromatic carbocycles. The van der Waals surface area contributed by atoms with Crippen molar-refractivity contribution in [2.24, 2.45) is 11.7 Å². The van der Waals surface area contributed by atoms with E-state index in [2.05, 4.69) is 32.9 Å². The van der Waals surface area contributed by atoms with Crippen LogP contribution in [0.1, 0.15) is 18.1 Å². The van der Waals surface area contributed by atoms with Gasteiger partial charge in [0.05, 0.1) is 6.61 Å². The highest BCUT2D eigenvalue weighted by Gasteiger charge is 2.01. The molecule has 1 atom stereocenters. The van der Waals surface area contributed by atoms with Gasteiger partial charge in [-0.15, -0.1) is 0 Å². The van der Waals surface area contributed by atoms with Crippen LogP contribution in [0.15, 0.2) is 18.2 Å². The van der Waals surface area contributed by atoms with Gasteiger partial charge in [0, 0.05) is 5.92 Å². The highest BCUT2D eigenvalue weighted by molar-refractivity contribution is 5.33. The molecule has 2 heteroatoms. The van der Waals surface area contributed by atoms with Gasteiger partial charge >= 0.3 is 0 Å². The molecule has 2 nitrogen and oxygen atoms in total. The van der Waals surface area contributed by atoms with Crippen LogP contribution in [0.4, 0.5) is 0 Å². The van der Waals surface area contributed by atoms with Crippen molar-refractivity contribution in [2.45, 2.75) is 20.8 Å². The molecule has 0 amide bonds. The van der Waals surface area contributed by atoms with Gasteiger partial charge in [0.15, 0.2) is 0 Å². The summed E-state index contributed by atoms with van der Waals surface area (Å²) >= 11 is 0. The van der Waals surface area contributed by atoms with Gasteiger partial charge in [-0.3, -0.25) is 0 Å². The second-order valence-electron chi connectivity index (χ2n) is 3.90. The Hall–Kier alpha value is -1.02. The van der Waals surface area contributed by atoms with E-state index in [9.17, 15) is 0 Å². The third-order valence-electron chi connectivity index (χ3n) is 2.42. The molecule has 2 N–H and O–H groups in total. The molecule has 78 valence electrons. The van der Waals surface area contributed by atoms with Gasteiger partial charge in [0.25, 0.3) is 0 Å². The Morgan fingerprint density at radius 1 is 1.29 bits per heavy atom. The van der Waals surface area contributed by atoms with E-state index in [4.69, 9.17) is 10.5 Å². The molecular formula is C12H19NO. The maximum absolute atomic E-state index is 5.61. The lowest BCUT2D eigenvalue weighted by Gasteiger charge is -2.11. The summed E-state index contributed by atoms with van der Waals surface area (Å²) in [7, 11) is 0. The fourth-order valence-corrected chi connectivity index (χ4v) is 1.11. The Balaban J connectivity index is 2.55. The SMILES string of the molecule is Cc1ccc(OCC(C)CN)cc1C. The number of benzene rings is 1. The average molecular weight is 193 g/mol. The first-order valence-corrected chi connectivity index (χ1v) is 5.03. The minimum atomic E-state index is 0.414. The minimum absolute atomic E-state index is 0.414. The van der Waals surface area contributed by atoms with E-state index in [0.29, 0.717) is 19.1 Å². The van der Waals surface area contributed by atoms with E-state index in [0.717, 1.165) is 5.75 Å². The summed E-state index contributed by atoms with van der Waals surface area (Å²) in [5.74, 6) is 1.35. The number of nitrogens with two attached hydrogens (primary N) is 1. The largest absolute Gasteiger partial charge is 0.493 e. The van der Waals surface area contributed by atoms with Crippen molar-refractivity contribution >= 4 is 0 Å². The summed E-state index contributed by atoms with van der Waals surface area (Å²) in [4.78, 5) is 0. The van der Waals surface area contributed by atoms with Crippen molar-refractivity contribution in [3.8, 4) is 5.75 Å². The monoisotopic (exact) mass is 193 g/mol. The van der Waals surface area contributed by atoms with Crippen LogP contribution in [0, 0.1) is 19.8 Å². The standard InChI is InChI=1S/C12H19NO/c1-9(7-13)8-14-12-5-4-10(2)11(3)6-12/h4-6,9H,7-8,13H2,1-3H3. The quantitative estimate of drug-likeness (QED) is 0.796. The van der Waals surface area contributed by atoms with Crippen molar-refractivity contribution in [1.82, 2.24) is 0 Å². The molecule has 0 fully saturated rings. The van der Waals surface area contributed by atoms with Gasteiger partial charge in [0.2, 0.25) is 0 Å². The van der Waals surface area contributed by atoms with Crippen LogP contribution in [-0.4, -0.2) is 13.2 Å². The molecule has 0 saturated heterocycles. The van der Waals surface area contributed by atoms with Gasteiger partial charge in [0.1, 0.15) is 5.75 Å². The predicted octanol–water partition coefficient (Wildman–Crippen LogP) is 2.28. The molecule has 0 saturated carbocycles. The van der Waals surface area contributed by atoms with E-state index in [1.165, 1.54) is 11.1 Å². The highest BCUT2D eigenvalue weighted by atomic mass is 16.5. The Morgan fingerprint density at radius 2 is 2.00 bits per heavy atom. The fourth-order valence-electron chi connectivity index (χ4n) is 1.11. The van der Waals surface area contributed by atoms with Crippen molar-refractivity contribution in [1.29, 1.82) is 0 Å². The lowest BCUT2D eigenvalue weighted by molar-refractivity contribution is 0.264. The smallest absolute Gasteiger partial charge is 0.119 e. The van der Waals surface area contributed by atoms with Gasteiger partial charge in [-0.2, -0.15) is 0 Å². The highest BCUT2D eigenvalue weighted by Crippen LogP contribution is 2.16. The Morgan fingerprint density at radius 3 is 2.57 bits per heavy atom. The zero-order chi connectivity index (χ0) is 10.6. The average Bonchev–Trinajstić information content (AvgIpc) is 2.19. The third-order valence-corrected chi connectivity index (χ3v) is 2.42.